The van der Waals surface area contributed by atoms with Crippen molar-refractivity contribution in [2.75, 3.05) is 51.5 Å². The van der Waals surface area contributed by atoms with E-state index in [9.17, 15) is 4.79 Å². The number of carbonyl (C=O) groups is 1. The van der Waals surface area contributed by atoms with Crippen LogP contribution in [0.25, 0.3) is 11.1 Å². The number of anilines is 2. The molecule has 0 bridgehead atoms. The van der Waals surface area contributed by atoms with Crippen LogP contribution in [-0.4, -0.2) is 51.7 Å². The molecule has 0 aliphatic carbocycles. The van der Waals surface area contributed by atoms with Gasteiger partial charge in [0, 0.05) is 31.0 Å². The first kappa shape index (κ1) is 24.1. The molecule has 0 saturated heterocycles. The van der Waals surface area contributed by atoms with Crippen LogP contribution >= 0.6 is 0 Å². The standard InChI is InChI=1S/C27H33N3O3/c1-5-15-30(3)16-17-33-25-14-12-22(19-26(25)32-4)29-27(31)23-13-11-21(18-24(23)28-2)20-9-7-6-8-10-20/h6-14,18-19,28H,5,15-17H2,1-4H3,(H,29,31). The van der Waals surface area contributed by atoms with Gasteiger partial charge in [-0.2, -0.15) is 0 Å². The molecule has 1 amide bonds. The Morgan fingerprint density at radius 1 is 0.939 bits per heavy atom. The van der Waals surface area contributed by atoms with Crippen molar-refractivity contribution in [2.45, 2.75) is 13.3 Å². The predicted molar refractivity (Wildman–Crippen MR) is 136 cm³/mol. The Kier molecular flexibility index (Phi) is 8.72. The van der Waals surface area contributed by atoms with E-state index in [0.29, 0.717) is 29.4 Å². The summed E-state index contributed by atoms with van der Waals surface area (Å²) in [6.45, 7) is 4.59. The van der Waals surface area contributed by atoms with E-state index in [1.54, 1.807) is 13.2 Å². The number of hydrogen-bond donors (Lipinski definition) is 2. The molecule has 174 valence electrons. The lowest BCUT2D eigenvalue weighted by Crippen LogP contribution is -2.25. The molecule has 3 aromatic rings. The van der Waals surface area contributed by atoms with Gasteiger partial charge in [0.1, 0.15) is 6.61 Å². The van der Waals surface area contributed by atoms with Gasteiger partial charge >= 0.3 is 0 Å². The van der Waals surface area contributed by atoms with Crippen LogP contribution in [-0.2, 0) is 0 Å². The quantitative estimate of drug-likeness (QED) is 0.413. The number of amides is 1. The average molecular weight is 448 g/mol. The summed E-state index contributed by atoms with van der Waals surface area (Å²) in [5.41, 5.74) is 4.11. The smallest absolute Gasteiger partial charge is 0.257 e. The Hall–Kier alpha value is -3.51. The van der Waals surface area contributed by atoms with E-state index >= 15 is 0 Å². The highest BCUT2D eigenvalue weighted by Gasteiger charge is 2.14. The Balaban J connectivity index is 1.70. The lowest BCUT2D eigenvalue weighted by molar-refractivity contribution is 0.102. The van der Waals surface area contributed by atoms with E-state index in [1.807, 2.05) is 67.7 Å². The molecule has 0 spiro atoms. The maximum atomic E-state index is 13.0. The van der Waals surface area contributed by atoms with Crippen LogP contribution in [0.1, 0.15) is 23.7 Å². The summed E-state index contributed by atoms with van der Waals surface area (Å²) in [5.74, 6) is 1.04. The summed E-state index contributed by atoms with van der Waals surface area (Å²) < 4.78 is 11.4. The molecule has 6 heteroatoms. The summed E-state index contributed by atoms with van der Waals surface area (Å²) in [7, 11) is 5.49. The molecular weight excluding hydrogens is 414 g/mol. The molecule has 0 atom stereocenters. The first-order valence-electron chi connectivity index (χ1n) is 11.2. The van der Waals surface area contributed by atoms with Crippen LogP contribution in [0.4, 0.5) is 11.4 Å². The first-order chi connectivity index (χ1) is 16.0. The maximum Gasteiger partial charge on any atom is 0.257 e. The molecule has 33 heavy (non-hydrogen) atoms. The number of nitrogens with one attached hydrogen (secondary N) is 2. The lowest BCUT2D eigenvalue weighted by Gasteiger charge is -2.17. The molecule has 0 aliphatic rings. The topological polar surface area (TPSA) is 62.8 Å². The van der Waals surface area contributed by atoms with Gasteiger partial charge in [0.2, 0.25) is 0 Å². The second-order valence-corrected chi connectivity index (χ2v) is 7.85. The van der Waals surface area contributed by atoms with Crippen molar-refractivity contribution in [3.8, 4) is 22.6 Å². The van der Waals surface area contributed by atoms with Gasteiger partial charge in [-0.3, -0.25) is 4.79 Å². The van der Waals surface area contributed by atoms with Gasteiger partial charge in [-0.05, 0) is 55.4 Å². The summed E-state index contributed by atoms with van der Waals surface area (Å²) in [4.78, 5) is 15.2. The molecule has 0 aromatic heterocycles. The molecular formula is C27H33N3O3. The summed E-state index contributed by atoms with van der Waals surface area (Å²) in [5, 5.41) is 6.10. The number of likely N-dealkylation sites (N-methyl/N-ethyl adjacent to an activating group) is 1. The monoisotopic (exact) mass is 447 g/mol. The molecule has 3 aromatic carbocycles. The second-order valence-electron chi connectivity index (χ2n) is 7.85. The fraction of sp³-hybridized carbons (Fsp3) is 0.296. The van der Waals surface area contributed by atoms with E-state index in [0.717, 1.165) is 36.3 Å². The normalized spacial score (nSPS) is 10.7. The number of methoxy groups -OCH3 is 1. The summed E-state index contributed by atoms with van der Waals surface area (Å²) in [6.07, 6.45) is 1.11. The summed E-state index contributed by atoms with van der Waals surface area (Å²) in [6, 6.07) is 21.3. The fourth-order valence-corrected chi connectivity index (χ4v) is 3.63. The minimum Gasteiger partial charge on any atom is -0.493 e. The van der Waals surface area contributed by atoms with Crippen molar-refractivity contribution in [1.82, 2.24) is 4.90 Å². The highest BCUT2D eigenvalue weighted by atomic mass is 16.5. The van der Waals surface area contributed by atoms with Crippen LogP contribution in [0.15, 0.2) is 66.7 Å². The van der Waals surface area contributed by atoms with Gasteiger partial charge < -0.3 is 25.0 Å². The number of ether oxygens (including phenoxy) is 2. The molecule has 0 fully saturated rings. The van der Waals surface area contributed by atoms with Crippen LogP contribution in [0, 0.1) is 0 Å². The van der Waals surface area contributed by atoms with Crippen molar-refractivity contribution >= 4 is 17.3 Å². The van der Waals surface area contributed by atoms with E-state index < -0.39 is 0 Å². The molecule has 2 N–H and O–H groups in total. The number of benzene rings is 3. The SMILES string of the molecule is CCCN(C)CCOc1ccc(NC(=O)c2ccc(-c3ccccc3)cc2NC)cc1OC. The van der Waals surface area contributed by atoms with Crippen LogP contribution in [0.5, 0.6) is 11.5 Å². The second kappa shape index (κ2) is 11.9. The van der Waals surface area contributed by atoms with E-state index in [-0.39, 0.29) is 5.91 Å². The van der Waals surface area contributed by atoms with Crippen molar-refractivity contribution < 1.29 is 14.3 Å². The predicted octanol–water partition coefficient (Wildman–Crippen LogP) is 5.38. The third-order valence-electron chi connectivity index (χ3n) is 5.40. The van der Waals surface area contributed by atoms with E-state index in [2.05, 4.69) is 29.5 Å². The highest BCUT2D eigenvalue weighted by molar-refractivity contribution is 6.08. The third kappa shape index (κ3) is 6.49. The Bertz CT molecular complexity index is 1050. The Morgan fingerprint density at radius 2 is 1.73 bits per heavy atom. The Morgan fingerprint density at radius 3 is 2.42 bits per heavy atom. The molecule has 6 nitrogen and oxygen atoms in total. The van der Waals surface area contributed by atoms with Gasteiger partial charge in [-0.1, -0.05) is 43.3 Å². The molecule has 0 unspecified atom stereocenters. The zero-order valence-electron chi connectivity index (χ0n) is 19.9. The van der Waals surface area contributed by atoms with E-state index in [4.69, 9.17) is 9.47 Å². The maximum absolute atomic E-state index is 13.0. The van der Waals surface area contributed by atoms with Crippen LogP contribution in [0.3, 0.4) is 0 Å². The van der Waals surface area contributed by atoms with Crippen LogP contribution in [0.2, 0.25) is 0 Å². The molecule has 0 aliphatic heterocycles. The zero-order chi connectivity index (χ0) is 23.6. The zero-order valence-corrected chi connectivity index (χ0v) is 19.9. The third-order valence-corrected chi connectivity index (χ3v) is 5.40. The van der Waals surface area contributed by atoms with Gasteiger partial charge in [0.25, 0.3) is 5.91 Å². The largest absolute Gasteiger partial charge is 0.493 e. The fourth-order valence-electron chi connectivity index (χ4n) is 3.63. The van der Waals surface area contributed by atoms with Crippen LogP contribution < -0.4 is 20.1 Å². The summed E-state index contributed by atoms with van der Waals surface area (Å²) >= 11 is 0. The lowest BCUT2D eigenvalue weighted by atomic mass is 10.0. The van der Waals surface area contributed by atoms with Gasteiger partial charge in [0.15, 0.2) is 11.5 Å². The molecule has 0 saturated carbocycles. The minimum absolute atomic E-state index is 0.198. The molecule has 3 rings (SSSR count). The van der Waals surface area contributed by atoms with Gasteiger partial charge in [-0.15, -0.1) is 0 Å². The number of nitrogens with zero attached hydrogens (tertiary/aromatic N) is 1. The Labute approximate surface area is 196 Å². The number of hydrogen-bond acceptors (Lipinski definition) is 5. The van der Waals surface area contributed by atoms with Crippen molar-refractivity contribution in [3.05, 3.63) is 72.3 Å². The average Bonchev–Trinajstić information content (AvgIpc) is 2.85. The molecule has 0 radical (unpaired) electrons. The van der Waals surface area contributed by atoms with Crippen molar-refractivity contribution in [3.63, 3.8) is 0 Å². The van der Waals surface area contributed by atoms with Crippen molar-refractivity contribution in [2.24, 2.45) is 0 Å². The highest BCUT2D eigenvalue weighted by Crippen LogP contribution is 2.31. The van der Waals surface area contributed by atoms with Gasteiger partial charge in [-0.25, -0.2) is 0 Å². The first-order valence-corrected chi connectivity index (χ1v) is 11.2. The van der Waals surface area contributed by atoms with E-state index in [1.165, 1.54) is 0 Å². The number of carbonyl (C=O) groups excluding carboxylic acids is 1. The minimum atomic E-state index is -0.198. The van der Waals surface area contributed by atoms with Gasteiger partial charge in [0.05, 0.1) is 12.7 Å². The number of rotatable bonds is 11. The van der Waals surface area contributed by atoms with Crippen molar-refractivity contribution in [1.29, 1.82) is 0 Å². The molecule has 0 heterocycles.